The zero-order valence-electron chi connectivity index (χ0n) is 21.5. The Balaban J connectivity index is 0.000000336. The number of rotatable bonds is 5. The van der Waals surface area contributed by atoms with E-state index in [1.807, 2.05) is 37.3 Å². The van der Waals surface area contributed by atoms with Gasteiger partial charge in [0.1, 0.15) is 0 Å². The van der Waals surface area contributed by atoms with Gasteiger partial charge in [-0.3, -0.25) is 4.55 Å². The number of aryl methyl sites for hydroxylation is 1. The second kappa shape index (κ2) is 12.7. The standard InChI is InChI=1S/C21H20F6O2.C7H8O3S/c1-13(15-10-16(20(22,23)24)12-17(11-15)21(25,26)27)29-19-18(8-5-9-28-19)14-6-3-2-4-7-14;1-6-2-4-7(5-3-6)11(8,9)10/h2-4,6-7,10-13,18-19H,5,8-9H2,1H3;2-5H,1H3,(H,8,9,10)/t13-,18-,19-;/m1./s1. The topological polar surface area (TPSA) is 72.8 Å². The van der Waals surface area contributed by atoms with Crippen molar-refractivity contribution in [1.29, 1.82) is 0 Å². The summed E-state index contributed by atoms with van der Waals surface area (Å²) in [4.78, 5) is -0.0666. The van der Waals surface area contributed by atoms with E-state index in [1.165, 1.54) is 19.1 Å². The normalized spacial score (nSPS) is 18.9. The van der Waals surface area contributed by atoms with Crippen molar-refractivity contribution in [3.8, 4) is 0 Å². The summed E-state index contributed by atoms with van der Waals surface area (Å²) in [5.74, 6) is -0.153. The predicted molar refractivity (Wildman–Crippen MR) is 135 cm³/mol. The zero-order valence-corrected chi connectivity index (χ0v) is 22.4. The summed E-state index contributed by atoms with van der Waals surface area (Å²) in [6.07, 6.45) is -10.0. The second-order valence-electron chi connectivity index (χ2n) is 9.30. The molecule has 1 heterocycles. The van der Waals surface area contributed by atoms with Gasteiger partial charge in [-0.15, -0.1) is 0 Å². The van der Waals surface area contributed by atoms with Crippen LogP contribution in [0.5, 0.6) is 0 Å². The average molecular weight is 591 g/mol. The Kier molecular flexibility index (Phi) is 10.0. The first-order valence-electron chi connectivity index (χ1n) is 12.2. The summed E-state index contributed by atoms with van der Waals surface area (Å²) in [6, 6.07) is 16.8. The fourth-order valence-electron chi connectivity index (χ4n) is 4.12. The lowest BCUT2D eigenvalue weighted by molar-refractivity contribution is -0.197. The highest BCUT2D eigenvalue weighted by atomic mass is 32.2. The summed E-state index contributed by atoms with van der Waals surface area (Å²) >= 11 is 0. The highest BCUT2D eigenvalue weighted by Gasteiger charge is 2.38. The Morgan fingerprint density at radius 1 is 0.900 bits per heavy atom. The zero-order chi connectivity index (χ0) is 29.7. The molecule has 1 saturated heterocycles. The van der Waals surface area contributed by atoms with Gasteiger partial charge in [-0.2, -0.15) is 34.8 Å². The maximum Gasteiger partial charge on any atom is 0.416 e. The van der Waals surface area contributed by atoms with Gasteiger partial charge in [0, 0.05) is 12.5 Å². The minimum atomic E-state index is -4.90. The molecule has 1 N–H and O–H groups in total. The van der Waals surface area contributed by atoms with Gasteiger partial charge in [-0.1, -0.05) is 48.0 Å². The Labute approximate surface area is 228 Å². The Morgan fingerprint density at radius 3 is 1.95 bits per heavy atom. The molecule has 0 saturated carbocycles. The SMILES string of the molecule is C[C@@H](O[C@H]1OCCC[C@@H]1c1ccccc1)c1cc(C(F)(F)F)cc(C(F)(F)F)c1.Cc1ccc(S(=O)(=O)O)cc1. The van der Waals surface area contributed by atoms with E-state index in [9.17, 15) is 34.8 Å². The number of hydrogen-bond donors (Lipinski definition) is 1. The van der Waals surface area contributed by atoms with Gasteiger partial charge in [-0.25, -0.2) is 0 Å². The first-order chi connectivity index (χ1) is 18.6. The molecule has 3 aromatic carbocycles. The average Bonchev–Trinajstić information content (AvgIpc) is 2.88. The maximum absolute atomic E-state index is 13.1. The van der Waals surface area contributed by atoms with Crippen LogP contribution in [0.2, 0.25) is 0 Å². The van der Waals surface area contributed by atoms with E-state index in [-0.39, 0.29) is 22.4 Å². The smallest absolute Gasteiger partial charge is 0.352 e. The van der Waals surface area contributed by atoms with E-state index in [1.54, 1.807) is 12.1 Å². The minimum Gasteiger partial charge on any atom is -0.352 e. The summed E-state index contributed by atoms with van der Waals surface area (Å²) in [7, 11) is -4.02. The first kappa shape index (κ1) is 31.6. The summed E-state index contributed by atoms with van der Waals surface area (Å²) in [6.45, 7) is 3.68. The molecule has 0 aliphatic carbocycles. The molecule has 1 fully saturated rings. The van der Waals surface area contributed by atoms with E-state index in [0.29, 0.717) is 18.7 Å². The van der Waals surface area contributed by atoms with Crippen molar-refractivity contribution in [3.05, 3.63) is 101 Å². The van der Waals surface area contributed by atoms with Gasteiger partial charge in [-0.05, 0) is 68.1 Å². The van der Waals surface area contributed by atoms with Gasteiger partial charge >= 0.3 is 12.4 Å². The van der Waals surface area contributed by atoms with Crippen LogP contribution in [-0.4, -0.2) is 25.9 Å². The predicted octanol–water partition coefficient (Wildman–Crippen LogP) is 7.96. The van der Waals surface area contributed by atoms with Crippen molar-refractivity contribution in [3.63, 3.8) is 0 Å². The van der Waals surface area contributed by atoms with Crippen molar-refractivity contribution in [2.75, 3.05) is 6.61 Å². The molecule has 5 nitrogen and oxygen atoms in total. The molecular formula is C28H28F6O5S. The van der Waals surface area contributed by atoms with Gasteiger partial charge in [0.05, 0.1) is 22.1 Å². The van der Waals surface area contributed by atoms with Crippen molar-refractivity contribution in [2.24, 2.45) is 0 Å². The van der Waals surface area contributed by atoms with Crippen LogP contribution in [0.3, 0.4) is 0 Å². The number of halogens is 6. The fraction of sp³-hybridized carbons (Fsp3) is 0.357. The molecule has 3 atom stereocenters. The Bertz CT molecular complexity index is 1320. The molecule has 0 bridgehead atoms. The van der Waals surface area contributed by atoms with Crippen molar-refractivity contribution in [1.82, 2.24) is 0 Å². The third kappa shape index (κ3) is 8.79. The third-order valence-electron chi connectivity index (χ3n) is 6.23. The highest BCUT2D eigenvalue weighted by molar-refractivity contribution is 7.85. The fourth-order valence-corrected chi connectivity index (χ4v) is 4.60. The lowest BCUT2D eigenvalue weighted by Crippen LogP contribution is -2.31. The molecule has 40 heavy (non-hydrogen) atoms. The summed E-state index contributed by atoms with van der Waals surface area (Å²) < 4.78 is 120. The van der Waals surface area contributed by atoms with E-state index >= 15 is 0 Å². The molecule has 1 aliphatic heterocycles. The number of benzene rings is 3. The molecule has 0 unspecified atom stereocenters. The summed E-state index contributed by atoms with van der Waals surface area (Å²) in [5, 5.41) is 0. The summed E-state index contributed by atoms with van der Waals surface area (Å²) in [5.41, 5.74) is -1.01. The maximum atomic E-state index is 13.1. The van der Waals surface area contributed by atoms with Crippen LogP contribution in [0.15, 0.2) is 77.7 Å². The van der Waals surface area contributed by atoms with E-state index < -0.39 is 46.0 Å². The van der Waals surface area contributed by atoms with E-state index in [0.717, 1.165) is 24.0 Å². The molecule has 12 heteroatoms. The lowest BCUT2D eigenvalue weighted by atomic mass is 9.92. The number of ether oxygens (including phenoxy) is 2. The molecule has 3 aromatic rings. The van der Waals surface area contributed by atoms with E-state index in [4.69, 9.17) is 14.0 Å². The molecule has 0 amide bonds. The molecule has 1 aliphatic rings. The molecule has 0 radical (unpaired) electrons. The van der Waals surface area contributed by atoms with Gasteiger partial charge in [0.25, 0.3) is 10.1 Å². The van der Waals surface area contributed by atoms with Gasteiger partial charge in [0.15, 0.2) is 6.29 Å². The molecule has 0 aromatic heterocycles. The van der Waals surface area contributed by atoms with Crippen molar-refractivity contribution < 1.29 is 48.8 Å². The number of alkyl halides is 6. The van der Waals surface area contributed by atoms with Gasteiger partial charge in [0.2, 0.25) is 0 Å². The lowest BCUT2D eigenvalue weighted by Gasteiger charge is -2.34. The minimum absolute atomic E-state index is 0.0666. The number of hydrogen-bond acceptors (Lipinski definition) is 4. The van der Waals surface area contributed by atoms with Crippen molar-refractivity contribution in [2.45, 2.75) is 62.2 Å². The third-order valence-corrected chi connectivity index (χ3v) is 7.10. The van der Waals surface area contributed by atoms with Crippen LogP contribution >= 0.6 is 0 Å². The van der Waals surface area contributed by atoms with Crippen LogP contribution in [0.1, 0.15) is 59.6 Å². The van der Waals surface area contributed by atoms with Gasteiger partial charge < -0.3 is 9.47 Å². The Morgan fingerprint density at radius 2 is 1.45 bits per heavy atom. The molecule has 218 valence electrons. The van der Waals surface area contributed by atoms with Crippen LogP contribution in [-0.2, 0) is 31.9 Å². The monoisotopic (exact) mass is 590 g/mol. The van der Waals surface area contributed by atoms with Crippen LogP contribution in [0.4, 0.5) is 26.3 Å². The molecule has 0 spiro atoms. The van der Waals surface area contributed by atoms with Crippen LogP contribution < -0.4 is 0 Å². The second-order valence-corrected chi connectivity index (χ2v) is 10.7. The Hall–Kier alpha value is -2.93. The van der Waals surface area contributed by atoms with Crippen LogP contribution in [0.25, 0.3) is 0 Å². The first-order valence-corrected chi connectivity index (χ1v) is 13.7. The molecule has 4 rings (SSSR count). The highest BCUT2D eigenvalue weighted by Crippen LogP contribution is 2.39. The van der Waals surface area contributed by atoms with Crippen molar-refractivity contribution >= 4 is 10.1 Å². The molecular weight excluding hydrogens is 562 g/mol. The van der Waals surface area contributed by atoms with Crippen LogP contribution in [0, 0.1) is 6.92 Å². The van der Waals surface area contributed by atoms with E-state index in [2.05, 4.69) is 0 Å². The quantitative estimate of drug-likeness (QED) is 0.241. The largest absolute Gasteiger partial charge is 0.416 e.